The van der Waals surface area contributed by atoms with E-state index in [-0.39, 0.29) is 18.7 Å². The molecule has 118 valence electrons. The minimum atomic E-state index is -1.22. The first-order valence-corrected chi connectivity index (χ1v) is 7.78. The van der Waals surface area contributed by atoms with E-state index in [4.69, 9.17) is 11.6 Å². The van der Waals surface area contributed by atoms with Crippen molar-refractivity contribution in [3.05, 3.63) is 53.6 Å². The van der Waals surface area contributed by atoms with Crippen LogP contribution < -0.4 is 10.4 Å². The zero-order chi connectivity index (χ0) is 16.4. The maximum atomic E-state index is 12.6. The Balaban J connectivity index is 1.88. The van der Waals surface area contributed by atoms with Gasteiger partial charge in [0.1, 0.15) is 0 Å². The number of rotatable bonds is 3. The third-order valence-electron chi connectivity index (χ3n) is 4.18. The van der Waals surface area contributed by atoms with Crippen molar-refractivity contribution in [2.24, 2.45) is 11.8 Å². The van der Waals surface area contributed by atoms with Crippen molar-refractivity contribution in [2.45, 2.75) is 12.8 Å². The number of carbonyl (C=O) groups excluding carboxylic acids is 2. The number of amides is 1. The molecule has 1 amide bonds. The number of aliphatic carboxylic acids is 1. The van der Waals surface area contributed by atoms with Gasteiger partial charge in [0.05, 0.1) is 5.92 Å². The highest BCUT2D eigenvalue weighted by Crippen LogP contribution is 2.33. The third-order valence-corrected chi connectivity index (χ3v) is 4.49. The molecule has 0 aliphatic heterocycles. The van der Waals surface area contributed by atoms with Gasteiger partial charge in [-0.1, -0.05) is 54.1 Å². The lowest BCUT2D eigenvalue weighted by Crippen LogP contribution is -2.42. The highest BCUT2D eigenvalue weighted by Gasteiger charge is 2.32. The van der Waals surface area contributed by atoms with Gasteiger partial charge < -0.3 is 15.2 Å². The molecule has 0 aromatic heterocycles. The zero-order valence-corrected chi connectivity index (χ0v) is 13.0. The van der Waals surface area contributed by atoms with E-state index in [1.165, 1.54) is 0 Å². The lowest BCUT2D eigenvalue weighted by molar-refractivity contribution is -0.313. The van der Waals surface area contributed by atoms with Crippen LogP contribution in [-0.2, 0) is 9.59 Å². The van der Waals surface area contributed by atoms with E-state index < -0.39 is 17.8 Å². The number of benzene rings is 2. The maximum absolute atomic E-state index is 12.6. The summed E-state index contributed by atoms with van der Waals surface area (Å²) in [7, 11) is 0. The fourth-order valence-electron chi connectivity index (χ4n) is 2.95. The SMILES string of the molecule is O=C([O-])[C@H]1CC=C(Cl)C[C@@H]1C(=O)Nc1cccc2ccccc12. The molecule has 2 aromatic carbocycles. The Hall–Kier alpha value is -2.33. The van der Waals surface area contributed by atoms with E-state index in [0.29, 0.717) is 10.7 Å². The van der Waals surface area contributed by atoms with Crippen LogP contribution in [0, 0.1) is 11.8 Å². The second kappa shape index (κ2) is 6.42. The number of allylic oxidation sites excluding steroid dienone is 2. The Kier molecular flexibility index (Phi) is 4.35. The van der Waals surface area contributed by atoms with E-state index in [0.717, 1.165) is 10.8 Å². The van der Waals surface area contributed by atoms with E-state index in [1.807, 2.05) is 36.4 Å². The van der Waals surface area contributed by atoms with Gasteiger partial charge in [-0.3, -0.25) is 4.79 Å². The molecular formula is C18H15ClNO3-. The van der Waals surface area contributed by atoms with E-state index in [9.17, 15) is 14.7 Å². The van der Waals surface area contributed by atoms with Crippen LogP contribution in [0.3, 0.4) is 0 Å². The predicted octanol–water partition coefficient (Wildman–Crippen LogP) is 2.68. The van der Waals surface area contributed by atoms with Crippen LogP contribution in [0.1, 0.15) is 12.8 Å². The summed E-state index contributed by atoms with van der Waals surface area (Å²) < 4.78 is 0. The molecule has 0 bridgehead atoms. The summed E-state index contributed by atoms with van der Waals surface area (Å²) in [5.41, 5.74) is 0.663. The molecule has 2 atom stereocenters. The Morgan fingerprint density at radius 2 is 1.83 bits per heavy atom. The molecule has 3 rings (SSSR count). The minimum absolute atomic E-state index is 0.217. The van der Waals surface area contributed by atoms with Gasteiger partial charge in [0.25, 0.3) is 0 Å². The van der Waals surface area contributed by atoms with Crippen molar-refractivity contribution in [1.82, 2.24) is 0 Å². The van der Waals surface area contributed by atoms with Crippen molar-refractivity contribution < 1.29 is 14.7 Å². The molecule has 0 saturated carbocycles. The number of hydrogen-bond donors (Lipinski definition) is 1. The van der Waals surface area contributed by atoms with Gasteiger partial charge in [0.15, 0.2) is 0 Å². The second-order valence-corrected chi connectivity index (χ2v) is 6.12. The van der Waals surface area contributed by atoms with Crippen molar-refractivity contribution in [2.75, 3.05) is 5.32 Å². The normalized spacial score (nSPS) is 20.8. The monoisotopic (exact) mass is 328 g/mol. The Labute approximate surface area is 138 Å². The van der Waals surface area contributed by atoms with Crippen LogP contribution in [0.5, 0.6) is 0 Å². The number of fused-ring (bicyclic) bond motifs is 1. The molecule has 0 fully saturated rings. The van der Waals surface area contributed by atoms with Crippen LogP contribution in [0.25, 0.3) is 10.8 Å². The lowest BCUT2D eigenvalue weighted by atomic mass is 9.82. The molecular weight excluding hydrogens is 314 g/mol. The molecule has 0 saturated heterocycles. The van der Waals surface area contributed by atoms with Crippen LogP contribution in [0.4, 0.5) is 5.69 Å². The Morgan fingerprint density at radius 3 is 2.61 bits per heavy atom. The Morgan fingerprint density at radius 1 is 1.09 bits per heavy atom. The summed E-state index contributed by atoms with van der Waals surface area (Å²) in [5.74, 6) is -3.14. The maximum Gasteiger partial charge on any atom is 0.228 e. The minimum Gasteiger partial charge on any atom is -0.550 e. The molecule has 0 unspecified atom stereocenters. The predicted molar refractivity (Wildman–Crippen MR) is 87.7 cm³/mol. The number of carbonyl (C=O) groups is 2. The summed E-state index contributed by atoms with van der Waals surface area (Å²) in [6, 6.07) is 13.3. The quantitative estimate of drug-likeness (QED) is 0.941. The lowest BCUT2D eigenvalue weighted by Gasteiger charge is -2.29. The van der Waals surface area contributed by atoms with Crippen molar-refractivity contribution in [3.63, 3.8) is 0 Å². The van der Waals surface area contributed by atoms with Gasteiger partial charge >= 0.3 is 0 Å². The number of carboxylic acids is 1. The third kappa shape index (κ3) is 3.22. The van der Waals surface area contributed by atoms with E-state index >= 15 is 0 Å². The van der Waals surface area contributed by atoms with Gasteiger partial charge in [-0.05, 0) is 24.3 Å². The van der Waals surface area contributed by atoms with Crippen LogP contribution in [0.15, 0.2) is 53.6 Å². The first-order valence-electron chi connectivity index (χ1n) is 7.40. The summed E-state index contributed by atoms with van der Waals surface area (Å²) in [6.07, 6.45) is 2.08. The summed E-state index contributed by atoms with van der Waals surface area (Å²) in [6.45, 7) is 0. The van der Waals surface area contributed by atoms with Crippen LogP contribution >= 0.6 is 11.6 Å². The van der Waals surface area contributed by atoms with Crippen molar-refractivity contribution >= 4 is 39.9 Å². The number of carboxylic acid groups (broad SMARTS) is 1. The first-order chi connectivity index (χ1) is 11.1. The molecule has 1 N–H and O–H groups in total. The largest absolute Gasteiger partial charge is 0.550 e. The number of hydrogen-bond acceptors (Lipinski definition) is 3. The molecule has 4 nitrogen and oxygen atoms in total. The molecule has 0 spiro atoms. The summed E-state index contributed by atoms with van der Waals surface area (Å²) in [4.78, 5) is 23.9. The van der Waals surface area contributed by atoms with Crippen LogP contribution in [0.2, 0.25) is 0 Å². The van der Waals surface area contributed by atoms with Gasteiger partial charge in [-0.15, -0.1) is 0 Å². The smallest absolute Gasteiger partial charge is 0.228 e. The number of anilines is 1. The summed E-state index contributed by atoms with van der Waals surface area (Å²) in [5, 5.41) is 16.5. The van der Waals surface area contributed by atoms with Gasteiger partial charge in [0.2, 0.25) is 5.91 Å². The van der Waals surface area contributed by atoms with Gasteiger partial charge in [-0.2, -0.15) is 0 Å². The molecule has 1 aliphatic rings. The van der Waals surface area contributed by atoms with E-state index in [2.05, 4.69) is 5.32 Å². The Bertz CT molecular complexity index is 794. The van der Waals surface area contributed by atoms with Gasteiger partial charge in [0, 0.05) is 28.0 Å². The standard InChI is InChI=1S/C18H16ClNO3/c19-12-8-9-14(18(22)23)15(10-12)17(21)20-16-7-3-5-11-4-1-2-6-13(11)16/h1-8,14-15H,9-10H2,(H,20,21)(H,22,23)/p-1/t14-,15-/m0/s1. The highest BCUT2D eigenvalue weighted by atomic mass is 35.5. The van der Waals surface area contributed by atoms with E-state index in [1.54, 1.807) is 12.1 Å². The molecule has 1 aliphatic carbocycles. The fraction of sp³-hybridized carbons (Fsp3) is 0.222. The van der Waals surface area contributed by atoms with Crippen molar-refractivity contribution in [1.29, 1.82) is 0 Å². The fourth-order valence-corrected chi connectivity index (χ4v) is 3.21. The second-order valence-electron chi connectivity index (χ2n) is 5.64. The molecule has 0 radical (unpaired) electrons. The molecule has 23 heavy (non-hydrogen) atoms. The van der Waals surface area contributed by atoms with Crippen LogP contribution in [-0.4, -0.2) is 11.9 Å². The number of halogens is 1. The van der Waals surface area contributed by atoms with Crippen molar-refractivity contribution in [3.8, 4) is 0 Å². The molecule has 0 heterocycles. The molecule has 5 heteroatoms. The molecule has 2 aromatic rings. The first kappa shape index (κ1) is 15.6. The average Bonchev–Trinajstić information content (AvgIpc) is 2.54. The summed E-state index contributed by atoms with van der Waals surface area (Å²) >= 11 is 5.99. The zero-order valence-electron chi connectivity index (χ0n) is 12.3. The van der Waals surface area contributed by atoms with Gasteiger partial charge in [-0.25, -0.2) is 0 Å². The topological polar surface area (TPSA) is 69.2 Å². The average molecular weight is 329 g/mol. The number of nitrogens with one attached hydrogen (secondary N) is 1. The highest BCUT2D eigenvalue weighted by molar-refractivity contribution is 6.29.